The summed E-state index contributed by atoms with van der Waals surface area (Å²) in [6.07, 6.45) is 2.93. The minimum Gasteiger partial charge on any atom is -0.381 e. The molecule has 1 aliphatic rings. The van der Waals surface area contributed by atoms with E-state index in [-0.39, 0.29) is 18.6 Å². The fourth-order valence-corrected chi connectivity index (χ4v) is 1.72. The molecule has 5 heteroatoms. The zero-order chi connectivity index (χ0) is 12.3. The highest BCUT2D eigenvalue weighted by molar-refractivity contribution is 5.77. The summed E-state index contributed by atoms with van der Waals surface area (Å²) in [6, 6.07) is 0.262. The maximum absolute atomic E-state index is 11.5. The van der Waals surface area contributed by atoms with Crippen LogP contribution in [0.25, 0.3) is 0 Å². The molecule has 0 aromatic rings. The van der Waals surface area contributed by atoms with Gasteiger partial charge in [-0.15, -0.1) is 0 Å². The van der Waals surface area contributed by atoms with E-state index in [4.69, 9.17) is 9.47 Å². The van der Waals surface area contributed by atoms with E-state index in [9.17, 15) is 4.79 Å². The molecule has 0 aliphatic carbocycles. The standard InChI is InChI=1S/C12H24N2O3/c1-2-5-13-6-9-17-10-12(15)14-11-3-7-16-8-4-11/h11,13H,2-10H2,1H3,(H,14,15). The molecule has 0 bridgehead atoms. The molecule has 0 spiro atoms. The second-order valence-electron chi connectivity index (χ2n) is 4.26. The molecule has 1 fully saturated rings. The molecule has 2 N–H and O–H groups in total. The van der Waals surface area contributed by atoms with Crippen LogP contribution in [0.5, 0.6) is 0 Å². The van der Waals surface area contributed by atoms with Crippen LogP contribution in [0.3, 0.4) is 0 Å². The number of hydrogen-bond donors (Lipinski definition) is 2. The first-order valence-electron chi connectivity index (χ1n) is 6.48. The molecule has 0 aromatic heterocycles. The van der Waals surface area contributed by atoms with Crippen molar-refractivity contribution in [2.24, 2.45) is 0 Å². The Morgan fingerprint density at radius 2 is 2.12 bits per heavy atom. The van der Waals surface area contributed by atoms with Crippen LogP contribution in [0.4, 0.5) is 0 Å². The van der Waals surface area contributed by atoms with Crippen LogP contribution >= 0.6 is 0 Å². The van der Waals surface area contributed by atoms with Crippen molar-refractivity contribution in [2.75, 3.05) is 39.5 Å². The van der Waals surface area contributed by atoms with Crippen molar-refractivity contribution in [3.05, 3.63) is 0 Å². The van der Waals surface area contributed by atoms with Crippen molar-refractivity contribution in [3.63, 3.8) is 0 Å². The van der Waals surface area contributed by atoms with E-state index in [2.05, 4.69) is 17.6 Å². The molecule has 0 saturated carbocycles. The zero-order valence-electron chi connectivity index (χ0n) is 10.7. The van der Waals surface area contributed by atoms with E-state index in [1.807, 2.05) is 0 Å². The lowest BCUT2D eigenvalue weighted by Gasteiger charge is -2.23. The van der Waals surface area contributed by atoms with Crippen LogP contribution in [-0.4, -0.2) is 51.5 Å². The van der Waals surface area contributed by atoms with Gasteiger partial charge in [0.1, 0.15) is 6.61 Å². The second-order valence-corrected chi connectivity index (χ2v) is 4.26. The van der Waals surface area contributed by atoms with Crippen molar-refractivity contribution in [2.45, 2.75) is 32.2 Å². The molecule has 1 saturated heterocycles. The van der Waals surface area contributed by atoms with E-state index in [1.54, 1.807) is 0 Å². The van der Waals surface area contributed by atoms with E-state index >= 15 is 0 Å². The van der Waals surface area contributed by atoms with E-state index in [1.165, 1.54) is 0 Å². The summed E-state index contributed by atoms with van der Waals surface area (Å²) < 4.78 is 10.5. The third-order valence-electron chi connectivity index (χ3n) is 2.67. The van der Waals surface area contributed by atoms with Crippen LogP contribution in [-0.2, 0) is 14.3 Å². The summed E-state index contributed by atoms with van der Waals surface area (Å²) in [4.78, 5) is 11.5. The summed E-state index contributed by atoms with van der Waals surface area (Å²) in [5.74, 6) is -0.0209. The fourth-order valence-electron chi connectivity index (χ4n) is 1.72. The van der Waals surface area contributed by atoms with Gasteiger partial charge in [-0.1, -0.05) is 6.92 Å². The van der Waals surface area contributed by atoms with Gasteiger partial charge in [0.2, 0.25) is 5.91 Å². The average molecular weight is 244 g/mol. The summed E-state index contributed by atoms with van der Waals surface area (Å²) in [6.45, 7) is 6.15. The monoisotopic (exact) mass is 244 g/mol. The Morgan fingerprint density at radius 1 is 1.35 bits per heavy atom. The Balaban J connectivity index is 1.93. The smallest absolute Gasteiger partial charge is 0.246 e. The third-order valence-corrected chi connectivity index (χ3v) is 2.67. The van der Waals surface area contributed by atoms with Crippen molar-refractivity contribution in [1.29, 1.82) is 0 Å². The Bertz CT molecular complexity index is 206. The number of carbonyl (C=O) groups excluding carboxylic acids is 1. The Labute approximate surface area is 103 Å². The molecular formula is C12H24N2O3. The molecule has 1 amide bonds. The van der Waals surface area contributed by atoms with E-state index in [0.717, 1.165) is 45.6 Å². The lowest BCUT2D eigenvalue weighted by molar-refractivity contribution is -0.126. The highest BCUT2D eigenvalue weighted by atomic mass is 16.5. The van der Waals surface area contributed by atoms with Crippen molar-refractivity contribution >= 4 is 5.91 Å². The van der Waals surface area contributed by atoms with E-state index in [0.29, 0.717) is 6.61 Å². The molecule has 0 aromatic carbocycles. The lowest BCUT2D eigenvalue weighted by atomic mass is 10.1. The maximum Gasteiger partial charge on any atom is 0.246 e. The molecule has 0 atom stereocenters. The van der Waals surface area contributed by atoms with Gasteiger partial charge >= 0.3 is 0 Å². The van der Waals surface area contributed by atoms with Crippen LogP contribution in [0.1, 0.15) is 26.2 Å². The quantitative estimate of drug-likeness (QED) is 0.603. The van der Waals surface area contributed by atoms with Gasteiger partial charge in [-0.2, -0.15) is 0 Å². The minimum atomic E-state index is -0.0209. The Morgan fingerprint density at radius 3 is 2.82 bits per heavy atom. The van der Waals surface area contributed by atoms with Crippen molar-refractivity contribution in [3.8, 4) is 0 Å². The highest BCUT2D eigenvalue weighted by Crippen LogP contribution is 2.05. The van der Waals surface area contributed by atoms with Crippen LogP contribution in [0, 0.1) is 0 Å². The molecule has 1 rings (SSSR count). The predicted octanol–water partition coefficient (Wildman–Crippen LogP) is 0.298. The number of nitrogens with one attached hydrogen (secondary N) is 2. The van der Waals surface area contributed by atoms with Gasteiger partial charge in [-0.05, 0) is 25.8 Å². The fraction of sp³-hybridized carbons (Fsp3) is 0.917. The molecular weight excluding hydrogens is 220 g/mol. The van der Waals surface area contributed by atoms with Gasteiger partial charge in [-0.3, -0.25) is 4.79 Å². The SMILES string of the molecule is CCCNCCOCC(=O)NC1CCOCC1. The number of amides is 1. The summed E-state index contributed by atoms with van der Waals surface area (Å²) in [5.41, 5.74) is 0. The molecule has 5 nitrogen and oxygen atoms in total. The normalized spacial score (nSPS) is 17.0. The summed E-state index contributed by atoms with van der Waals surface area (Å²) in [7, 11) is 0. The minimum absolute atomic E-state index is 0.0209. The van der Waals surface area contributed by atoms with Gasteiger partial charge in [0.05, 0.1) is 6.61 Å². The Hall–Kier alpha value is -0.650. The van der Waals surface area contributed by atoms with Crippen molar-refractivity contribution in [1.82, 2.24) is 10.6 Å². The molecule has 1 aliphatic heterocycles. The summed E-state index contributed by atoms with van der Waals surface area (Å²) in [5, 5.41) is 6.17. The molecule has 17 heavy (non-hydrogen) atoms. The third kappa shape index (κ3) is 7.31. The predicted molar refractivity (Wildman–Crippen MR) is 66.0 cm³/mol. The number of ether oxygens (including phenoxy) is 2. The summed E-state index contributed by atoms with van der Waals surface area (Å²) >= 11 is 0. The first-order valence-corrected chi connectivity index (χ1v) is 6.48. The molecule has 100 valence electrons. The largest absolute Gasteiger partial charge is 0.381 e. The topological polar surface area (TPSA) is 59.6 Å². The van der Waals surface area contributed by atoms with Crippen LogP contribution in [0.15, 0.2) is 0 Å². The zero-order valence-corrected chi connectivity index (χ0v) is 10.7. The van der Waals surface area contributed by atoms with E-state index < -0.39 is 0 Å². The number of carbonyl (C=O) groups is 1. The van der Waals surface area contributed by atoms with Gasteiger partial charge in [0.25, 0.3) is 0 Å². The molecule has 1 heterocycles. The number of rotatable bonds is 8. The first-order chi connectivity index (χ1) is 8.33. The van der Waals surface area contributed by atoms with Crippen LogP contribution < -0.4 is 10.6 Å². The lowest BCUT2D eigenvalue weighted by Crippen LogP contribution is -2.40. The first kappa shape index (κ1) is 14.4. The molecule has 0 radical (unpaired) electrons. The van der Waals surface area contributed by atoms with Crippen LogP contribution in [0.2, 0.25) is 0 Å². The van der Waals surface area contributed by atoms with Gasteiger partial charge in [0.15, 0.2) is 0 Å². The highest BCUT2D eigenvalue weighted by Gasteiger charge is 2.15. The van der Waals surface area contributed by atoms with Gasteiger partial charge in [0, 0.05) is 25.8 Å². The average Bonchev–Trinajstić information content (AvgIpc) is 2.35. The van der Waals surface area contributed by atoms with Crippen molar-refractivity contribution < 1.29 is 14.3 Å². The molecule has 0 unspecified atom stereocenters. The second kappa shape index (κ2) is 9.39. The maximum atomic E-state index is 11.5. The number of hydrogen-bond acceptors (Lipinski definition) is 4. The van der Waals surface area contributed by atoms with Gasteiger partial charge in [-0.25, -0.2) is 0 Å². The van der Waals surface area contributed by atoms with Gasteiger partial charge < -0.3 is 20.1 Å². The Kier molecular flexibility index (Phi) is 7.96.